The van der Waals surface area contributed by atoms with Crippen molar-refractivity contribution in [3.05, 3.63) is 175 Å². The molecule has 12 rings (SSSR count). The number of hydrogen-bond donors (Lipinski definition) is 0. The van der Waals surface area contributed by atoms with Gasteiger partial charge in [-0.05, 0) is 91.0 Å². The molecule has 0 amide bonds. The summed E-state index contributed by atoms with van der Waals surface area (Å²) in [5.74, 6) is 0. The maximum absolute atomic E-state index is 9.67. The molecule has 0 atom stereocenters. The molecule has 0 fully saturated rings. The van der Waals surface area contributed by atoms with Crippen molar-refractivity contribution in [1.82, 2.24) is 13.7 Å². The zero-order chi connectivity index (χ0) is 35.5. The van der Waals surface area contributed by atoms with Gasteiger partial charge in [0.05, 0.1) is 44.7 Å². The molecular weight excluding hydrogens is 677 g/mol. The van der Waals surface area contributed by atoms with Gasteiger partial charge in [-0.1, -0.05) is 78.9 Å². The van der Waals surface area contributed by atoms with E-state index in [0.29, 0.717) is 5.56 Å². The van der Waals surface area contributed by atoms with Gasteiger partial charge in [0.15, 0.2) is 0 Å². The van der Waals surface area contributed by atoms with Crippen LogP contribution in [0.2, 0.25) is 0 Å². The summed E-state index contributed by atoms with van der Waals surface area (Å²) in [4.78, 5) is 0. The Morgan fingerprint density at radius 2 is 0.907 bits per heavy atom. The third-order valence-corrected chi connectivity index (χ3v) is 12.4. The number of hydrogen-bond acceptors (Lipinski definition) is 2. The van der Waals surface area contributed by atoms with E-state index < -0.39 is 0 Å². The van der Waals surface area contributed by atoms with Crippen molar-refractivity contribution in [2.75, 3.05) is 0 Å². The van der Waals surface area contributed by atoms with E-state index in [-0.39, 0.29) is 0 Å². The Bertz CT molecular complexity index is 3570. The lowest BCUT2D eigenvalue weighted by atomic mass is 10.1. The van der Waals surface area contributed by atoms with Gasteiger partial charge < -0.3 is 13.7 Å². The van der Waals surface area contributed by atoms with Gasteiger partial charge in [-0.2, -0.15) is 5.26 Å². The molecule has 4 heterocycles. The van der Waals surface area contributed by atoms with Crippen molar-refractivity contribution in [3.63, 3.8) is 0 Å². The second-order valence-electron chi connectivity index (χ2n) is 14.1. The summed E-state index contributed by atoms with van der Waals surface area (Å²) in [6.07, 6.45) is 0. The van der Waals surface area contributed by atoms with Gasteiger partial charge in [-0.3, -0.25) is 0 Å². The SMILES string of the molecule is N#Cc1ccc2c(c1)c1ccccc1n2-c1ccc2sc3ccc(-n4c5ccccc5c5c4ccc4c6ccccc6n(-c6ccccc6)c45)cc3c2c1. The molecule has 4 nitrogen and oxygen atoms in total. The van der Waals surface area contributed by atoms with Gasteiger partial charge in [0, 0.05) is 69.6 Å². The Kier molecular flexibility index (Phi) is 5.97. The topological polar surface area (TPSA) is 38.6 Å². The zero-order valence-electron chi connectivity index (χ0n) is 28.9. The molecule has 0 aliphatic carbocycles. The largest absolute Gasteiger partial charge is 0.309 e. The fourth-order valence-electron chi connectivity index (χ4n) is 8.98. The van der Waals surface area contributed by atoms with Gasteiger partial charge in [0.1, 0.15) is 0 Å². The van der Waals surface area contributed by atoms with Crippen LogP contribution in [0.25, 0.3) is 103 Å². The molecule has 0 unspecified atom stereocenters. The Morgan fingerprint density at radius 1 is 0.370 bits per heavy atom. The maximum atomic E-state index is 9.67. The molecule has 0 spiro atoms. The van der Waals surface area contributed by atoms with Gasteiger partial charge in [0.2, 0.25) is 0 Å². The van der Waals surface area contributed by atoms with Gasteiger partial charge in [-0.15, -0.1) is 11.3 Å². The first kappa shape index (κ1) is 29.4. The maximum Gasteiger partial charge on any atom is 0.0991 e. The minimum atomic E-state index is 0.671. The van der Waals surface area contributed by atoms with E-state index in [4.69, 9.17) is 0 Å². The van der Waals surface area contributed by atoms with Crippen LogP contribution in [0.4, 0.5) is 0 Å². The number of thiophene rings is 1. The zero-order valence-corrected chi connectivity index (χ0v) is 29.7. The van der Waals surface area contributed by atoms with Crippen LogP contribution in [0, 0.1) is 11.3 Å². The first-order chi connectivity index (χ1) is 26.7. The summed E-state index contributed by atoms with van der Waals surface area (Å²) >= 11 is 1.84. The first-order valence-electron chi connectivity index (χ1n) is 18.2. The standard InChI is InChI=1S/C49H28N4S/c50-29-30-18-22-44-38(26-30)35-13-5-7-15-41(35)51(44)32-19-24-46-39(27-32)40-28-33(20-25-47(40)54-46)52-43-17-9-6-14-37(43)48-45(52)23-21-36-34-12-4-8-16-42(34)53(49(36)48)31-10-2-1-3-11-31/h1-28H. The lowest BCUT2D eigenvalue weighted by Gasteiger charge is -2.10. The molecule has 8 aromatic carbocycles. The van der Waals surface area contributed by atoms with Crippen LogP contribution in [0.3, 0.4) is 0 Å². The number of para-hydroxylation sites is 4. The molecule has 0 N–H and O–H groups in total. The summed E-state index contributed by atoms with van der Waals surface area (Å²) in [7, 11) is 0. The number of fused-ring (bicyclic) bond motifs is 13. The highest BCUT2D eigenvalue weighted by atomic mass is 32.1. The number of nitriles is 1. The van der Waals surface area contributed by atoms with E-state index in [1.54, 1.807) is 0 Å². The molecule has 12 aromatic rings. The molecule has 0 bridgehead atoms. The molecule has 0 aliphatic heterocycles. The monoisotopic (exact) mass is 704 g/mol. The average molecular weight is 705 g/mol. The number of aromatic nitrogens is 3. The van der Waals surface area contributed by atoms with E-state index in [0.717, 1.165) is 38.9 Å². The van der Waals surface area contributed by atoms with Gasteiger partial charge in [0.25, 0.3) is 0 Å². The van der Waals surface area contributed by atoms with Crippen molar-refractivity contribution in [2.45, 2.75) is 0 Å². The number of benzene rings is 8. The van der Waals surface area contributed by atoms with Gasteiger partial charge in [-0.25, -0.2) is 0 Å². The summed E-state index contributed by atoms with van der Waals surface area (Å²) in [6, 6.07) is 63.6. The quantitative estimate of drug-likeness (QED) is 0.180. The van der Waals surface area contributed by atoms with E-state index in [1.165, 1.54) is 63.8 Å². The average Bonchev–Trinajstić information content (AvgIpc) is 3.96. The van der Waals surface area contributed by atoms with Crippen molar-refractivity contribution in [1.29, 1.82) is 5.26 Å². The lowest BCUT2D eigenvalue weighted by Crippen LogP contribution is -1.95. The molecule has 250 valence electrons. The van der Waals surface area contributed by atoms with Crippen LogP contribution in [0.5, 0.6) is 0 Å². The third-order valence-electron chi connectivity index (χ3n) is 11.2. The molecular formula is C49H28N4S. The Balaban J connectivity index is 1.13. The van der Waals surface area contributed by atoms with Crippen LogP contribution < -0.4 is 0 Å². The normalized spacial score (nSPS) is 12.1. The second-order valence-corrected chi connectivity index (χ2v) is 15.1. The lowest BCUT2D eigenvalue weighted by molar-refractivity contribution is 1.18. The first-order valence-corrected chi connectivity index (χ1v) is 19.0. The molecule has 0 aliphatic rings. The number of nitrogens with zero attached hydrogens (tertiary/aromatic N) is 4. The van der Waals surface area contributed by atoms with Crippen LogP contribution in [-0.4, -0.2) is 13.7 Å². The predicted molar refractivity (Wildman–Crippen MR) is 227 cm³/mol. The molecule has 0 radical (unpaired) electrons. The fourth-order valence-corrected chi connectivity index (χ4v) is 10.1. The highest BCUT2D eigenvalue weighted by Crippen LogP contribution is 2.44. The van der Waals surface area contributed by atoms with Crippen LogP contribution >= 0.6 is 11.3 Å². The van der Waals surface area contributed by atoms with Crippen LogP contribution in [0.1, 0.15) is 5.56 Å². The second kappa shape index (κ2) is 10.9. The Morgan fingerprint density at radius 3 is 1.59 bits per heavy atom. The van der Waals surface area contributed by atoms with Crippen molar-refractivity contribution in [2.24, 2.45) is 0 Å². The molecule has 0 saturated heterocycles. The smallest absolute Gasteiger partial charge is 0.0991 e. The van der Waals surface area contributed by atoms with Crippen molar-refractivity contribution in [3.8, 4) is 23.1 Å². The van der Waals surface area contributed by atoms with E-state index in [9.17, 15) is 5.26 Å². The van der Waals surface area contributed by atoms with Crippen LogP contribution in [-0.2, 0) is 0 Å². The summed E-state index contributed by atoms with van der Waals surface area (Å²) < 4.78 is 9.75. The van der Waals surface area contributed by atoms with Gasteiger partial charge >= 0.3 is 0 Å². The van der Waals surface area contributed by atoms with E-state index >= 15 is 0 Å². The highest BCUT2D eigenvalue weighted by molar-refractivity contribution is 7.25. The van der Waals surface area contributed by atoms with Crippen LogP contribution in [0.15, 0.2) is 170 Å². The third kappa shape index (κ3) is 3.95. The minimum absolute atomic E-state index is 0.671. The van der Waals surface area contributed by atoms with E-state index in [1.807, 2.05) is 23.5 Å². The molecule has 5 heteroatoms. The number of rotatable bonds is 3. The molecule has 4 aromatic heterocycles. The minimum Gasteiger partial charge on any atom is -0.309 e. The van der Waals surface area contributed by atoms with Crippen molar-refractivity contribution < 1.29 is 0 Å². The summed E-state index contributed by atoms with van der Waals surface area (Å²) in [5.41, 5.74) is 11.1. The predicted octanol–water partition coefficient (Wildman–Crippen LogP) is 13.2. The fraction of sp³-hybridized carbons (Fsp3) is 0. The Labute approximate surface area is 313 Å². The summed E-state index contributed by atoms with van der Waals surface area (Å²) in [5, 5.41) is 19.4. The summed E-state index contributed by atoms with van der Waals surface area (Å²) in [6.45, 7) is 0. The highest BCUT2D eigenvalue weighted by Gasteiger charge is 2.21. The van der Waals surface area contributed by atoms with Crippen molar-refractivity contribution >= 4 is 96.9 Å². The Hall–Kier alpha value is -7.13. The molecule has 54 heavy (non-hydrogen) atoms. The molecule has 0 saturated carbocycles. The van der Waals surface area contributed by atoms with E-state index in [2.05, 4.69) is 177 Å².